The molecule has 0 spiro atoms. The standard InChI is InChI=1S/C19H24N2O4S/c1-13(22)21(11-18(23)24)14-5-4-9-20(10-8-14)19(25)16-12-26-17-7-3-2-6-15(16)17/h2-3,6-7,14,16H,4-5,8-12H2,1H3,(H,23,24)/t14-,16+/m0/s1. The Kier molecular flexibility index (Phi) is 5.86. The third-order valence-electron chi connectivity index (χ3n) is 5.16. The van der Waals surface area contributed by atoms with Gasteiger partial charge >= 0.3 is 5.97 Å². The Bertz CT molecular complexity index is 709. The highest BCUT2D eigenvalue weighted by Gasteiger charge is 2.34. The fourth-order valence-corrected chi connectivity index (χ4v) is 5.06. The lowest BCUT2D eigenvalue weighted by Gasteiger charge is -2.29. The molecule has 2 atom stereocenters. The number of rotatable bonds is 4. The van der Waals surface area contributed by atoms with Gasteiger partial charge in [0.25, 0.3) is 0 Å². The van der Waals surface area contributed by atoms with Gasteiger partial charge in [0, 0.05) is 36.7 Å². The van der Waals surface area contributed by atoms with Crippen LogP contribution in [-0.2, 0) is 14.4 Å². The number of hydrogen-bond acceptors (Lipinski definition) is 4. The summed E-state index contributed by atoms with van der Waals surface area (Å²) in [6.45, 7) is 2.36. The molecule has 0 aromatic heterocycles. The van der Waals surface area contributed by atoms with E-state index in [9.17, 15) is 14.4 Å². The summed E-state index contributed by atoms with van der Waals surface area (Å²) in [4.78, 5) is 40.4. The topological polar surface area (TPSA) is 77.9 Å². The molecule has 0 saturated carbocycles. The summed E-state index contributed by atoms with van der Waals surface area (Å²) in [5.74, 6) is -0.405. The zero-order valence-corrected chi connectivity index (χ0v) is 15.7. The molecule has 1 saturated heterocycles. The minimum Gasteiger partial charge on any atom is -0.480 e. The van der Waals surface area contributed by atoms with Gasteiger partial charge in [0.05, 0.1) is 5.92 Å². The lowest BCUT2D eigenvalue weighted by Crippen LogP contribution is -2.43. The van der Waals surface area contributed by atoms with Crippen molar-refractivity contribution in [1.29, 1.82) is 0 Å². The highest BCUT2D eigenvalue weighted by molar-refractivity contribution is 7.99. The van der Waals surface area contributed by atoms with Crippen molar-refractivity contribution < 1.29 is 19.5 Å². The first kappa shape index (κ1) is 18.8. The molecule has 2 aliphatic heterocycles. The number of carboxylic acid groups (broad SMARTS) is 1. The van der Waals surface area contributed by atoms with Crippen molar-refractivity contribution in [1.82, 2.24) is 9.80 Å². The average molecular weight is 376 g/mol. The van der Waals surface area contributed by atoms with Crippen LogP contribution in [0.4, 0.5) is 0 Å². The minimum atomic E-state index is -1.00. The summed E-state index contributed by atoms with van der Waals surface area (Å²) in [7, 11) is 0. The van der Waals surface area contributed by atoms with Crippen LogP contribution in [0.2, 0.25) is 0 Å². The third-order valence-corrected chi connectivity index (χ3v) is 6.34. The lowest BCUT2D eigenvalue weighted by molar-refractivity contribution is -0.145. The molecule has 6 nitrogen and oxygen atoms in total. The van der Waals surface area contributed by atoms with Crippen molar-refractivity contribution in [3.05, 3.63) is 29.8 Å². The molecule has 0 unspecified atom stereocenters. The molecule has 2 heterocycles. The van der Waals surface area contributed by atoms with Crippen molar-refractivity contribution in [3.63, 3.8) is 0 Å². The first-order chi connectivity index (χ1) is 12.5. The van der Waals surface area contributed by atoms with Gasteiger partial charge < -0.3 is 14.9 Å². The van der Waals surface area contributed by atoms with E-state index in [2.05, 4.69) is 6.07 Å². The Balaban J connectivity index is 1.66. The molecule has 7 heteroatoms. The van der Waals surface area contributed by atoms with E-state index in [4.69, 9.17) is 5.11 Å². The first-order valence-electron chi connectivity index (χ1n) is 8.97. The molecular weight excluding hydrogens is 352 g/mol. The van der Waals surface area contributed by atoms with Gasteiger partial charge in [-0.05, 0) is 30.9 Å². The predicted molar refractivity (Wildman–Crippen MR) is 99.1 cm³/mol. The fourth-order valence-electron chi connectivity index (χ4n) is 3.84. The summed E-state index contributed by atoms with van der Waals surface area (Å²) in [6, 6.07) is 7.94. The number of aliphatic carboxylic acids is 1. The molecular formula is C19H24N2O4S. The maximum Gasteiger partial charge on any atom is 0.323 e. The van der Waals surface area contributed by atoms with Crippen LogP contribution in [-0.4, -0.2) is 64.1 Å². The Morgan fingerprint density at radius 1 is 1.23 bits per heavy atom. The Morgan fingerprint density at radius 2 is 2.00 bits per heavy atom. The quantitative estimate of drug-likeness (QED) is 0.872. The van der Waals surface area contributed by atoms with E-state index in [1.165, 1.54) is 16.7 Å². The zero-order valence-electron chi connectivity index (χ0n) is 14.9. The Labute approximate surface area is 157 Å². The predicted octanol–water partition coefficient (Wildman–Crippen LogP) is 2.19. The fraction of sp³-hybridized carbons (Fsp3) is 0.526. The second-order valence-corrected chi connectivity index (χ2v) is 7.91. The highest BCUT2D eigenvalue weighted by Crippen LogP contribution is 2.40. The average Bonchev–Trinajstić information content (AvgIpc) is 2.88. The zero-order chi connectivity index (χ0) is 18.7. The number of benzene rings is 1. The second-order valence-electron chi connectivity index (χ2n) is 6.85. The molecule has 0 bridgehead atoms. The van der Waals surface area contributed by atoms with Crippen molar-refractivity contribution in [3.8, 4) is 0 Å². The van der Waals surface area contributed by atoms with Crippen LogP contribution in [0, 0.1) is 0 Å². The largest absolute Gasteiger partial charge is 0.480 e. The monoisotopic (exact) mass is 376 g/mol. The maximum atomic E-state index is 13.0. The summed E-state index contributed by atoms with van der Waals surface area (Å²) in [6.07, 6.45) is 2.13. The molecule has 2 amide bonds. The van der Waals surface area contributed by atoms with Gasteiger partial charge in [0.1, 0.15) is 6.54 Å². The molecule has 0 aliphatic carbocycles. The Hall–Kier alpha value is -2.02. The molecule has 0 radical (unpaired) electrons. The Morgan fingerprint density at radius 3 is 2.73 bits per heavy atom. The van der Waals surface area contributed by atoms with Crippen LogP contribution in [0.15, 0.2) is 29.2 Å². The van der Waals surface area contributed by atoms with Gasteiger partial charge in [-0.3, -0.25) is 14.4 Å². The number of likely N-dealkylation sites (tertiary alicyclic amines) is 1. The number of nitrogens with zero attached hydrogens (tertiary/aromatic N) is 2. The minimum absolute atomic E-state index is 0.101. The van der Waals surface area contributed by atoms with E-state index in [1.54, 1.807) is 11.8 Å². The van der Waals surface area contributed by atoms with Gasteiger partial charge in [-0.25, -0.2) is 0 Å². The smallest absolute Gasteiger partial charge is 0.323 e. The number of hydrogen-bond donors (Lipinski definition) is 1. The maximum absolute atomic E-state index is 13.0. The number of carboxylic acids is 1. The van der Waals surface area contributed by atoms with E-state index in [-0.39, 0.29) is 30.3 Å². The van der Waals surface area contributed by atoms with E-state index in [1.807, 2.05) is 23.1 Å². The number of amides is 2. The van der Waals surface area contributed by atoms with Crippen LogP contribution >= 0.6 is 11.8 Å². The van der Waals surface area contributed by atoms with Crippen molar-refractivity contribution >= 4 is 29.5 Å². The second kappa shape index (κ2) is 8.12. The summed E-state index contributed by atoms with van der Waals surface area (Å²) < 4.78 is 0. The molecule has 140 valence electrons. The van der Waals surface area contributed by atoms with Gasteiger partial charge in [-0.15, -0.1) is 11.8 Å². The number of carbonyl (C=O) groups excluding carboxylic acids is 2. The molecule has 1 N–H and O–H groups in total. The van der Waals surface area contributed by atoms with Gasteiger partial charge in [0.15, 0.2) is 0 Å². The van der Waals surface area contributed by atoms with Crippen LogP contribution in [0.5, 0.6) is 0 Å². The summed E-state index contributed by atoms with van der Waals surface area (Å²) in [5.41, 5.74) is 1.11. The van der Waals surface area contributed by atoms with Crippen LogP contribution in [0.3, 0.4) is 0 Å². The number of carbonyl (C=O) groups is 3. The number of fused-ring (bicyclic) bond motifs is 1. The van der Waals surface area contributed by atoms with Gasteiger partial charge in [0.2, 0.25) is 11.8 Å². The third kappa shape index (κ3) is 4.03. The van der Waals surface area contributed by atoms with E-state index in [0.717, 1.165) is 24.2 Å². The van der Waals surface area contributed by atoms with Gasteiger partial charge in [-0.2, -0.15) is 0 Å². The molecule has 3 rings (SSSR count). The molecule has 2 aliphatic rings. The SMILES string of the molecule is CC(=O)N(CC(=O)O)[C@H]1CCCN(C(=O)[C@@H]2CSc3ccccc32)CC1. The van der Waals surface area contributed by atoms with Crippen molar-refractivity contribution in [2.75, 3.05) is 25.4 Å². The van der Waals surface area contributed by atoms with E-state index >= 15 is 0 Å². The van der Waals surface area contributed by atoms with Crippen LogP contribution in [0.25, 0.3) is 0 Å². The van der Waals surface area contributed by atoms with Gasteiger partial charge in [-0.1, -0.05) is 18.2 Å². The van der Waals surface area contributed by atoms with E-state index < -0.39 is 5.97 Å². The summed E-state index contributed by atoms with van der Waals surface area (Å²) >= 11 is 1.72. The van der Waals surface area contributed by atoms with Crippen molar-refractivity contribution in [2.45, 2.75) is 43.0 Å². The molecule has 1 fully saturated rings. The van der Waals surface area contributed by atoms with Crippen molar-refractivity contribution in [2.24, 2.45) is 0 Å². The lowest BCUT2D eigenvalue weighted by atomic mass is 10.00. The molecule has 1 aromatic rings. The molecule has 26 heavy (non-hydrogen) atoms. The van der Waals surface area contributed by atoms with E-state index in [0.29, 0.717) is 19.5 Å². The van der Waals surface area contributed by atoms with Crippen LogP contribution in [0.1, 0.15) is 37.7 Å². The molecule has 1 aromatic carbocycles. The first-order valence-corrected chi connectivity index (χ1v) is 9.95. The number of thioether (sulfide) groups is 1. The van der Waals surface area contributed by atoms with Crippen LogP contribution < -0.4 is 0 Å². The highest BCUT2D eigenvalue weighted by atomic mass is 32.2. The normalized spacial score (nSPS) is 22.4. The summed E-state index contributed by atoms with van der Waals surface area (Å²) in [5, 5.41) is 9.05.